The number of allylic oxidation sites excluding steroid dienone is 6. The highest BCUT2D eigenvalue weighted by Crippen LogP contribution is 2.15. The molecule has 0 amide bonds. The number of rotatable bonds is 0. The SMILES string of the molecule is C1=CC=CCCCCCCCCCCCCCCCCCCCCC=C1. The normalized spacial score (nSPS) is 22.2. The van der Waals surface area contributed by atoms with Crippen molar-refractivity contribution < 1.29 is 0 Å². The molecule has 0 bridgehead atoms. The molecule has 0 atom stereocenters. The van der Waals surface area contributed by atoms with E-state index in [0.29, 0.717) is 0 Å². The van der Waals surface area contributed by atoms with Crippen molar-refractivity contribution in [3.8, 4) is 0 Å². The van der Waals surface area contributed by atoms with Crippen LogP contribution in [0.2, 0.25) is 0 Å². The second-order valence-corrected chi connectivity index (χ2v) is 8.18. The highest BCUT2D eigenvalue weighted by Gasteiger charge is 1.95. The van der Waals surface area contributed by atoms with Crippen LogP contribution in [0.15, 0.2) is 36.5 Å². The molecule has 0 radical (unpaired) electrons. The standard InChI is InChI=1S/C26H46/c1-2-4-6-8-10-12-14-16-18-20-22-24-26-25-23-21-19-17-15-13-11-9-7-5-3-1/h1-6H,7-26H2. The first-order chi connectivity index (χ1) is 13.0. The molecule has 0 saturated heterocycles. The first-order valence-electron chi connectivity index (χ1n) is 12.0. The maximum absolute atomic E-state index is 2.33. The van der Waals surface area contributed by atoms with Gasteiger partial charge in [0.25, 0.3) is 0 Å². The van der Waals surface area contributed by atoms with Gasteiger partial charge in [0.05, 0.1) is 0 Å². The molecule has 1 aliphatic rings. The van der Waals surface area contributed by atoms with Crippen LogP contribution in [0.1, 0.15) is 128 Å². The van der Waals surface area contributed by atoms with Crippen LogP contribution in [0.3, 0.4) is 0 Å². The lowest BCUT2D eigenvalue weighted by Crippen LogP contribution is -1.84. The van der Waals surface area contributed by atoms with Crippen molar-refractivity contribution in [2.75, 3.05) is 0 Å². The quantitative estimate of drug-likeness (QED) is 0.404. The third-order valence-electron chi connectivity index (χ3n) is 5.60. The highest BCUT2D eigenvalue weighted by molar-refractivity contribution is 5.10. The van der Waals surface area contributed by atoms with Gasteiger partial charge in [-0.1, -0.05) is 139 Å². The van der Waals surface area contributed by atoms with Gasteiger partial charge in [0.15, 0.2) is 0 Å². The molecule has 0 aromatic carbocycles. The molecule has 0 saturated carbocycles. The van der Waals surface area contributed by atoms with Gasteiger partial charge < -0.3 is 0 Å². The Kier molecular flexibility index (Phi) is 18.4. The van der Waals surface area contributed by atoms with E-state index < -0.39 is 0 Å². The first kappa shape index (κ1) is 23.3. The minimum atomic E-state index is 1.24. The van der Waals surface area contributed by atoms with Crippen LogP contribution in [-0.2, 0) is 0 Å². The van der Waals surface area contributed by atoms with E-state index in [1.165, 1.54) is 128 Å². The monoisotopic (exact) mass is 358 g/mol. The van der Waals surface area contributed by atoms with Gasteiger partial charge in [-0.15, -0.1) is 0 Å². The molecular formula is C26H46. The Morgan fingerprint density at radius 1 is 0.231 bits per heavy atom. The topological polar surface area (TPSA) is 0 Å². The summed E-state index contributed by atoms with van der Waals surface area (Å²) in [5.41, 5.74) is 0. The lowest BCUT2D eigenvalue weighted by molar-refractivity contribution is 0.524. The van der Waals surface area contributed by atoms with Gasteiger partial charge in [0.1, 0.15) is 0 Å². The van der Waals surface area contributed by atoms with Crippen LogP contribution in [0.5, 0.6) is 0 Å². The van der Waals surface area contributed by atoms with E-state index in [0.717, 1.165) is 0 Å². The Hall–Kier alpha value is -0.780. The van der Waals surface area contributed by atoms with E-state index in [1.54, 1.807) is 0 Å². The predicted octanol–water partition coefficient (Wildman–Crippen LogP) is 9.47. The third kappa shape index (κ3) is 18.0. The Morgan fingerprint density at radius 3 is 0.731 bits per heavy atom. The lowest BCUT2D eigenvalue weighted by atomic mass is 10.0. The van der Waals surface area contributed by atoms with Gasteiger partial charge in [-0.2, -0.15) is 0 Å². The fraction of sp³-hybridized carbons (Fsp3) is 0.769. The summed E-state index contributed by atoms with van der Waals surface area (Å²) in [5, 5.41) is 0. The van der Waals surface area contributed by atoms with E-state index >= 15 is 0 Å². The van der Waals surface area contributed by atoms with Gasteiger partial charge in [-0.25, -0.2) is 0 Å². The second-order valence-electron chi connectivity index (χ2n) is 8.18. The molecule has 0 N–H and O–H groups in total. The Labute approximate surface area is 165 Å². The molecule has 0 aromatic heterocycles. The molecule has 0 aromatic rings. The summed E-state index contributed by atoms with van der Waals surface area (Å²) in [5.74, 6) is 0. The Morgan fingerprint density at radius 2 is 0.462 bits per heavy atom. The number of hydrogen-bond donors (Lipinski definition) is 0. The molecule has 0 unspecified atom stereocenters. The van der Waals surface area contributed by atoms with Gasteiger partial charge in [0, 0.05) is 0 Å². The van der Waals surface area contributed by atoms with Crippen molar-refractivity contribution in [3.05, 3.63) is 36.5 Å². The zero-order chi connectivity index (χ0) is 18.4. The molecule has 150 valence electrons. The van der Waals surface area contributed by atoms with Gasteiger partial charge >= 0.3 is 0 Å². The smallest absolute Gasteiger partial charge is 0.0348 e. The maximum atomic E-state index is 2.33. The largest absolute Gasteiger partial charge is 0.0845 e. The molecule has 0 heteroatoms. The average molecular weight is 359 g/mol. The molecule has 1 aliphatic carbocycles. The van der Waals surface area contributed by atoms with E-state index in [4.69, 9.17) is 0 Å². The van der Waals surface area contributed by atoms with Crippen molar-refractivity contribution in [2.45, 2.75) is 128 Å². The zero-order valence-corrected chi connectivity index (χ0v) is 17.6. The van der Waals surface area contributed by atoms with Crippen molar-refractivity contribution in [1.29, 1.82) is 0 Å². The van der Waals surface area contributed by atoms with Crippen molar-refractivity contribution in [1.82, 2.24) is 0 Å². The van der Waals surface area contributed by atoms with Gasteiger partial charge in [0.2, 0.25) is 0 Å². The number of hydrogen-bond acceptors (Lipinski definition) is 0. The Bertz CT molecular complexity index is 313. The zero-order valence-electron chi connectivity index (χ0n) is 17.6. The van der Waals surface area contributed by atoms with Crippen molar-refractivity contribution >= 4 is 0 Å². The van der Waals surface area contributed by atoms with Crippen LogP contribution in [0.25, 0.3) is 0 Å². The van der Waals surface area contributed by atoms with Crippen LogP contribution in [0.4, 0.5) is 0 Å². The third-order valence-corrected chi connectivity index (χ3v) is 5.60. The fourth-order valence-electron chi connectivity index (χ4n) is 3.83. The minimum Gasteiger partial charge on any atom is -0.0845 e. The summed E-state index contributed by atoms with van der Waals surface area (Å²) < 4.78 is 0. The summed E-state index contributed by atoms with van der Waals surface area (Å²) in [6.45, 7) is 0. The summed E-state index contributed by atoms with van der Waals surface area (Å²) >= 11 is 0. The molecule has 0 heterocycles. The molecule has 1 rings (SSSR count). The lowest BCUT2D eigenvalue weighted by Gasteiger charge is -2.04. The average Bonchev–Trinajstić information content (AvgIpc) is 2.65. The summed E-state index contributed by atoms with van der Waals surface area (Å²) in [6.07, 6.45) is 42.0. The summed E-state index contributed by atoms with van der Waals surface area (Å²) in [4.78, 5) is 0. The predicted molar refractivity (Wildman–Crippen MR) is 120 cm³/mol. The first-order valence-corrected chi connectivity index (χ1v) is 12.0. The minimum absolute atomic E-state index is 1.24. The highest BCUT2D eigenvalue weighted by atomic mass is 14.0. The molecular weight excluding hydrogens is 312 g/mol. The Balaban J connectivity index is 2.13. The van der Waals surface area contributed by atoms with Crippen molar-refractivity contribution in [2.24, 2.45) is 0 Å². The molecule has 0 nitrogen and oxygen atoms in total. The van der Waals surface area contributed by atoms with Crippen LogP contribution >= 0.6 is 0 Å². The van der Waals surface area contributed by atoms with E-state index in [1.807, 2.05) is 0 Å². The van der Waals surface area contributed by atoms with E-state index in [-0.39, 0.29) is 0 Å². The van der Waals surface area contributed by atoms with E-state index in [9.17, 15) is 0 Å². The van der Waals surface area contributed by atoms with Crippen LogP contribution in [0, 0.1) is 0 Å². The molecule has 0 spiro atoms. The van der Waals surface area contributed by atoms with Crippen LogP contribution < -0.4 is 0 Å². The van der Waals surface area contributed by atoms with Crippen LogP contribution in [-0.4, -0.2) is 0 Å². The van der Waals surface area contributed by atoms with Gasteiger partial charge in [-0.05, 0) is 25.7 Å². The molecule has 0 fully saturated rings. The van der Waals surface area contributed by atoms with E-state index in [2.05, 4.69) is 36.5 Å². The fourth-order valence-corrected chi connectivity index (χ4v) is 3.83. The second kappa shape index (κ2) is 20.5. The summed E-state index contributed by atoms with van der Waals surface area (Å²) in [6, 6.07) is 0. The molecule has 26 heavy (non-hydrogen) atoms. The van der Waals surface area contributed by atoms with Crippen molar-refractivity contribution in [3.63, 3.8) is 0 Å². The summed E-state index contributed by atoms with van der Waals surface area (Å²) in [7, 11) is 0. The molecule has 0 aliphatic heterocycles. The maximum Gasteiger partial charge on any atom is -0.0348 e. The van der Waals surface area contributed by atoms with Gasteiger partial charge in [-0.3, -0.25) is 0 Å².